The van der Waals surface area contributed by atoms with Gasteiger partial charge < -0.3 is 14.9 Å². The highest BCUT2D eigenvalue weighted by molar-refractivity contribution is 6.26. The van der Waals surface area contributed by atoms with Crippen molar-refractivity contribution in [1.82, 2.24) is 4.90 Å². The summed E-state index contributed by atoms with van der Waals surface area (Å²) in [6, 6.07) is 5.59. The molecule has 0 spiro atoms. The summed E-state index contributed by atoms with van der Waals surface area (Å²) in [4.78, 5) is 36.9. The molecule has 2 amide bonds. The van der Waals surface area contributed by atoms with Crippen LogP contribution in [0.5, 0.6) is 5.75 Å². The van der Waals surface area contributed by atoms with Crippen LogP contribution in [0.3, 0.4) is 0 Å². The number of aliphatic hydroxyl groups excluding tert-OH is 2. The number of carbonyl (C=O) groups is 2. The lowest BCUT2D eigenvalue weighted by atomic mass is 9.92. The molecular formula is C16H14N2O7. The van der Waals surface area contributed by atoms with E-state index in [1.54, 1.807) is 0 Å². The van der Waals surface area contributed by atoms with Crippen molar-refractivity contribution in [2.24, 2.45) is 0 Å². The predicted molar refractivity (Wildman–Crippen MR) is 85.6 cm³/mol. The molecule has 0 saturated heterocycles. The van der Waals surface area contributed by atoms with E-state index in [1.165, 1.54) is 31.4 Å². The standard InChI is InChI=1S/C16H14N2O7/c1-25-12-5-11-13-9(14(12)18(23)24)3-2-4-10(13)15(21)17(16(11)22)6-8(20)7-19/h2-5,8,19-20H,6-7H2,1H3. The number of ether oxygens (including phenoxy) is 1. The molecule has 0 fully saturated rings. The molecule has 0 bridgehead atoms. The SMILES string of the molecule is COc1cc2c3c(cccc3c1[N+](=O)[O-])C(=O)N(CC(O)CO)C2=O. The molecule has 0 aliphatic carbocycles. The van der Waals surface area contributed by atoms with Crippen LogP contribution in [0.1, 0.15) is 20.7 Å². The lowest BCUT2D eigenvalue weighted by Crippen LogP contribution is -2.45. The number of carbonyl (C=O) groups excluding carboxylic acids is 2. The summed E-state index contributed by atoms with van der Waals surface area (Å²) in [6.45, 7) is -0.999. The first-order valence-corrected chi connectivity index (χ1v) is 7.34. The van der Waals surface area contributed by atoms with Crippen molar-refractivity contribution in [2.75, 3.05) is 20.3 Å². The van der Waals surface area contributed by atoms with Crippen LogP contribution in [-0.2, 0) is 0 Å². The highest BCUT2D eigenvalue weighted by atomic mass is 16.6. The third-order valence-electron chi connectivity index (χ3n) is 4.06. The zero-order chi connectivity index (χ0) is 18.3. The highest BCUT2D eigenvalue weighted by Gasteiger charge is 2.37. The smallest absolute Gasteiger partial charge is 0.318 e. The summed E-state index contributed by atoms with van der Waals surface area (Å²) in [6.07, 6.45) is -1.28. The lowest BCUT2D eigenvalue weighted by Gasteiger charge is -2.28. The van der Waals surface area contributed by atoms with Gasteiger partial charge in [-0.3, -0.25) is 24.6 Å². The number of amides is 2. The fraction of sp³-hybridized carbons (Fsp3) is 0.250. The molecular weight excluding hydrogens is 332 g/mol. The summed E-state index contributed by atoms with van der Waals surface area (Å²) >= 11 is 0. The molecule has 0 aromatic heterocycles. The molecule has 1 aliphatic heterocycles. The van der Waals surface area contributed by atoms with Crippen molar-refractivity contribution in [2.45, 2.75) is 6.10 Å². The Morgan fingerprint density at radius 3 is 2.56 bits per heavy atom. The van der Waals surface area contributed by atoms with Crippen LogP contribution >= 0.6 is 0 Å². The molecule has 1 aliphatic rings. The number of rotatable bonds is 5. The Kier molecular flexibility index (Phi) is 4.11. The van der Waals surface area contributed by atoms with Crippen LogP contribution in [0.15, 0.2) is 24.3 Å². The van der Waals surface area contributed by atoms with Crippen molar-refractivity contribution >= 4 is 28.3 Å². The van der Waals surface area contributed by atoms with E-state index in [0.29, 0.717) is 0 Å². The number of nitro benzene ring substituents is 1. The van der Waals surface area contributed by atoms with Gasteiger partial charge in [-0.25, -0.2) is 0 Å². The van der Waals surface area contributed by atoms with Crippen LogP contribution in [0.2, 0.25) is 0 Å². The molecule has 1 heterocycles. The van der Waals surface area contributed by atoms with Gasteiger partial charge in [0.1, 0.15) is 0 Å². The van der Waals surface area contributed by atoms with E-state index in [2.05, 4.69) is 0 Å². The predicted octanol–water partition coefficient (Wildman–Crippen LogP) is 0.706. The second kappa shape index (κ2) is 6.11. The monoisotopic (exact) mass is 346 g/mol. The molecule has 9 heteroatoms. The first-order valence-electron chi connectivity index (χ1n) is 7.34. The summed E-state index contributed by atoms with van der Waals surface area (Å²) in [5.41, 5.74) is -0.145. The van der Waals surface area contributed by atoms with Crippen LogP contribution in [0, 0.1) is 10.1 Å². The number of nitrogens with zero attached hydrogens (tertiary/aromatic N) is 2. The van der Waals surface area contributed by atoms with Crippen LogP contribution in [-0.4, -0.2) is 58.2 Å². The Morgan fingerprint density at radius 1 is 1.28 bits per heavy atom. The highest BCUT2D eigenvalue weighted by Crippen LogP contribution is 2.41. The maximum absolute atomic E-state index is 12.7. The van der Waals surface area contributed by atoms with E-state index < -0.39 is 29.4 Å². The van der Waals surface area contributed by atoms with E-state index in [0.717, 1.165) is 4.90 Å². The van der Waals surface area contributed by atoms with E-state index in [-0.39, 0.29) is 39.9 Å². The second-order valence-corrected chi connectivity index (χ2v) is 5.52. The number of nitro groups is 1. The number of methoxy groups -OCH3 is 1. The van der Waals surface area contributed by atoms with Gasteiger partial charge in [-0.05, 0) is 12.1 Å². The van der Waals surface area contributed by atoms with Gasteiger partial charge in [0.2, 0.25) is 0 Å². The molecule has 9 nitrogen and oxygen atoms in total. The number of aliphatic hydroxyl groups is 2. The molecule has 2 aromatic rings. The minimum absolute atomic E-state index is 0.0674. The zero-order valence-electron chi connectivity index (χ0n) is 13.1. The Bertz CT molecular complexity index is 909. The molecule has 25 heavy (non-hydrogen) atoms. The van der Waals surface area contributed by atoms with E-state index in [1.807, 2.05) is 0 Å². The van der Waals surface area contributed by atoms with Gasteiger partial charge >= 0.3 is 5.69 Å². The normalized spacial score (nSPS) is 14.8. The van der Waals surface area contributed by atoms with Crippen LogP contribution in [0.4, 0.5) is 5.69 Å². The van der Waals surface area contributed by atoms with Crippen molar-refractivity contribution in [1.29, 1.82) is 0 Å². The summed E-state index contributed by atoms with van der Waals surface area (Å²) in [5.74, 6) is -1.50. The Balaban J connectivity index is 2.31. The summed E-state index contributed by atoms with van der Waals surface area (Å²) in [5, 5.41) is 30.3. The fourth-order valence-corrected chi connectivity index (χ4v) is 2.95. The number of hydrogen-bond acceptors (Lipinski definition) is 7. The largest absolute Gasteiger partial charge is 0.490 e. The van der Waals surface area contributed by atoms with Crippen molar-refractivity contribution in [3.8, 4) is 5.75 Å². The minimum atomic E-state index is -1.28. The Labute approximate surface area is 141 Å². The maximum atomic E-state index is 12.7. The van der Waals surface area contributed by atoms with Gasteiger partial charge in [0.25, 0.3) is 11.8 Å². The summed E-state index contributed by atoms with van der Waals surface area (Å²) in [7, 11) is 1.25. The van der Waals surface area contributed by atoms with Gasteiger partial charge in [0.05, 0.1) is 42.2 Å². The number of β-amino-alcohol motifs (C(OH)–C–C–N with tert-alkyl or cyclic N) is 1. The first-order chi connectivity index (χ1) is 11.9. The van der Waals surface area contributed by atoms with Crippen molar-refractivity contribution in [3.05, 3.63) is 45.5 Å². The zero-order valence-corrected chi connectivity index (χ0v) is 13.1. The lowest BCUT2D eigenvalue weighted by molar-refractivity contribution is -0.383. The molecule has 1 atom stereocenters. The maximum Gasteiger partial charge on any atom is 0.318 e. The quantitative estimate of drug-likeness (QED) is 0.463. The first kappa shape index (κ1) is 16.8. The Hall–Kier alpha value is -3.04. The summed E-state index contributed by atoms with van der Waals surface area (Å²) < 4.78 is 5.05. The van der Waals surface area contributed by atoms with Gasteiger partial charge in [0.15, 0.2) is 5.75 Å². The molecule has 130 valence electrons. The van der Waals surface area contributed by atoms with E-state index >= 15 is 0 Å². The van der Waals surface area contributed by atoms with Gasteiger partial charge in [0, 0.05) is 17.0 Å². The van der Waals surface area contributed by atoms with Crippen LogP contribution in [0.25, 0.3) is 10.8 Å². The molecule has 3 rings (SSSR count). The third kappa shape index (κ3) is 2.49. The van der Waals surface area contributed by atoms with Crippen LogP contribution < -0.4 is 4.74 Å². The average Bonchev–Trinajstić information content (AvgIpc) is 2.61. The topological polar surface area (TPSA) is 130 Å². The average molecular weight is 346 g/mol. The molecule has 0 radical (unpaired) electrons. The number of imide groups is 1. The van der Waals surface area contributed by atoms with Gasteiger partial charge in [-0.1, -0.05) is 6.07 Å². The number of hydrogen-bond donors (Lipinski definition) is 2. The third-order valence-corrected chi connectivity index (χ3v) is 4.06. The van der Waals surface area contributed by atoms with Crippen molar-refractivity contribution in [3.63, 3.8) is 0 Å². The van der Waals surface area contributed by atoms with Gasteiger partial charge in [-0.15, -0.1) is 0 Å². The minimum Gasteiger partial charge on any atom is -0.490 e. The Morgan fingerprint density at radius 2 is 1.96 bits per heavy atom. The van der Waals surface area contributed by atoms with E-state index in [9.17, 15) is 24.8 Å². The fourth-order valence-electron chi connectivity index (χ4n) is 2.95. The number of benzene rings is 2. The molecule has 0 saturated carbocycles. The molecule has 1 unspecified atom stereocenters. The second-order valence-electron chi connectivity index (χ2n) is 5.52. The van der Waals surface area contributed by atoms with Crippen molar-refractivity contribution < 1.29 is 29.5 Å². The van der Waals surface area contributed by atoms with Gasteiger partial charge in [-0.2, -0.15) is 0 Å². The molecule has 2 aromatic carbocycles. The van der Waals surface area contributed by atoms with E-state index in [4.69, 9.17) is 9.84 Å². The molecule has 2 N–H and O–H groups in total.